The summed E-state index contributed by atoms with van der Waals surface area (Å²) in [6, 6.07) is 3.83. The van der Waals surface area contributed by atoms with Gasteiger partial charge in [-0.25, -0.2) is 4.68 Å². The van der Waals surface area contributed by atoms with Crippen LogP contribution in [0.25, 0.3) is 22.0 Å². The van der Waals surface area contributed by atoms with E-state index in [0.29, 0.717) is 16.6 Å². The van der Waals surface area contributed by atoms with E-state index in [1.165, 1.54) is 5.69 Å². The smallest absolute Gasteiger partial charge is 0.303 e. The van der Waals surface area contributed by atoms with E-state index >= 15 is 0 Å². The Labute approximate surface area is 184 Å². The fourth-order valence-electron chi connectivity index (χ4n) is 4.88. The molecule has 1 aromatic carbocycles. The van der Waals surface area contributed by atoms with Crippen molar-refractivity contribution < 1.29 is 14.6 Å². The van der Waals surface area contributed by atoms with Gasteiger partial charge in [0.15, 0.2) is 0 Å². The van der Waals surface area contributed by atoms with Crippen LogP contribution in [0, 0.1) is 5.92 Å². The molecule has 1 N–H and O–H groups in total. The Morgan fingerprint density at radius 3 is 2.90 bits per heavy atom. The van der Waals surface area contributed by atoms with Crippen LogP contribution < -0.4 is 0 Å². The number of halogens is 2. The van der Waals surface area contributed by atoms with Gasteiger partial charge in [-0.3, -0.25) is 4.79 Å². The highest BCUT2D eigenvalue weighted by atomic mass is 35.5. The lowest BCUT2D eigenvalue weighted by Gasteiger charge is -2.25. The second kappa shape index (κ2) is 7.91. The SMILES string of the molecule is O=C(O)CC1CCc2c(-c3cnn(C4CCCCO4)c3)c3ccc(Cl)c(Cl)c3n2C1. The second-order valence-corrected chi connectivity index (χ2v) is 9.01. The molecule has 2 aliphatic heterocycles. The molecule has 0 radical (unpaired) electrons. The van der Waals surface area contributed by atoms with Crippen molar-refractivity contribution >= 4 is 40.1 Å². The highest BCUT2D eigenvalue weighted by Gasteiger charge is 2.29. The average Bonchev–Trinajstić information content (AvgIpc) is 3.33. The normalized spacial score (nSPS) is 21.7. The molecule has 0 aliphatic carbocycles. The van der Waals surface area contributed by atoms with Gasteiger partial charge >= 0.3 is 5.97 Å². The molecule has 2 aromatic heterocycles. The minimum Gasteiger partial charge on any atom is -0.481 e. The maximum absolute atomic E-state index is 11.3. The van der Waals surface area contributed by atoms with E-state index < -0.39 is 5.97 Å². The Morgan fingerprint density at radius 1 is 1.27 bits per heavy atom. The minimum atomic E-state index is -0.766. The molecule has 158 valence electrons. The standard InChI is InChI=1S/C22H23Cl2N3O3/c23-16-6-5-15-20(14-10-25-27(12-14)18-3-1-2-8-30-18)17-7-4-13(9-19(28)29)11-26(17)22(15)21(16)24/h5-6,10,12-13,18H,1-4,7-9,11H2,(H,28,29). The second-order valence-electron chi connectivity index (χ2n) is 8.22. The summed E-state index contributed by atoms with van der Waals surface area (Å²) >= 11 is 13.0. The fourth-order valence-corrected chi connectivity index (χ4v) is 5.29. The molecule has 4 heterocycles. The number of carbonyl (C=O) groups is 1. The third-order valence-corrected chi connectivity index (χ3v) is 7.05. The van der Waals surface area contributed by atoms with E-state index in [4.69, 9.17) is 27.9 Å². The zero-order valence-corrected chi connectivity index (χ0v) is 18.0. The first-order valence-corrected chi connectivity index (χ1v) is 11.2. The van der Waals surface area contributed by atoms with Crippen LogP contribution in [-0.4, -0.2) is 32.0 Å². The number of aromatic nitrogens is 3. The summed E-state index contributed by atoms with van der Waals surface area (Å²) in [7, 11) is 0. The highest BCUT2D eigenvalue weighted by Crippen LogP contribution is 2.44. The van der Waals surface area contributed by atoms with Gasteiger partial charge < -0.3 is 14.4 Å². The molecular weight excluding hydrogens is 425 g/mol. The molecule has 2 aliphatic rings. The van der Waals surface area contributed by atoms with Crippen LogP contribution in [0.5, 0.6) is 0 Å². The van der Waals surface area contributed by atoms with Gasteiger partial charge in [-0.05, 0) is 44.1 Å². The van der Waals surface area contributed by atoms with Crippen molar-refractivity contribution in [3.8, 4) is 11.1 Å². The monoisotopic (exact) mass is 447 g/mol. The van der Waals surface area contributed by atoms with Crippen molar-refractivity contribution in [2.75, 3.05) is 6.61 Å². The zero-order chi connectivity index (χ0) is 20.8. The first-order valence-electron chi connectivity index (χ1n) is 10.4. The van der Waals surface area contributed by atoms with Gasteiger partial charge in [-0.1, -0.05) is 29.3 Å². The van der Waals surface area contributed by atoms with Gasteiger partial charge in [-0.2, -0.15) is 5.10 Å². The summed E-state index contributed by atoms with van der Waals surface area (Å²) < 4.78 is 9.97. The number of hydrogen-bond acceptors (Lipinski definition) is 3. The number of hydrogen-bond donors (Lipinski definition) is 1. The molecule has 2 unspecified atom stereocenters. The summed E-state index contributed by atoms with van der Waals surface area (Å²) in [6.45, 7) is 1.39. The quantitative estimate of drug-likeness (QED) is 0.569. The summed E-state index contributed by atoms with van der Waals surface area (Å²) in [5.74, 6) is -0.690. The van der Waals surface area contributed by atoms with E-state index in [2.05, 4.69) is 15.9 Å². The molecule has 0 amide bonds. The number of carboxylic acids is 1. The van der Waals surface area contributed by atoms with E-state index in [0.717, 1.165) is 60.7 Å². The molecule has 0 bridgehead atoms. The lowest BCUT2D eigenvalue weighted by molar-refractivity contribution is -0.138. The maximum Gasteiger partial charge on any atom is 0.303 e. The minimum absolute atomic E-state index is 0.0183. The fraction of sp³-hybridized carbons (Fsp3) is 0.455. The third-order valence-electron chi connectivity index (χ3n) is 6.26. The van der Waals surface area contributed by atoms with Gasteiger partial charge in [0.05, 0.1) is 21.8 Å². The van der Waals surface area contributed by atoms with Crippen molar-refractivity contribution in [1.82, 2.24) is 14.3 Å². The van der Waals surface area contributed by atoms with E-state index in [1.807, 2.05) is 23.0 Å². The van der Waals surface area contributed by atoms with Crippen LogP contribution in [0.3, 0.4) is 0 Å². The molecule has 1 fully saturated rings. The van der Waals surface area contributed by atoms with Crippen LogP contribution in [-0.2, 0) is 22.5 Å². The summed E-state index contributed by atoms with van der Waals surface area (Å²) in [5.41, 5.74) is 4.18. The van der Waals surface area contributed by atoms with Gasteiger partial charge in [-0.15, -0.1) is 0 Å². The van der Waals surface area contributed by atoms with Gasteiger partial charge in [0.25, 0.3) is 0 Å². The Balaban J connectivity index is 1.62. The highest BCUT2D eigenvalue weighted by molar-refractivity contribution is 6.45. The topological polar surface area (TPSA) is 69.3 Å². The molecule has 0 saturated carbocycles. The first-order chi connectivity index (χ1) is 14.5. The predicted octanol–water partition coefficient (Wildman–Crippen LogP) is 5.55. The predicted molar refractivity (Wildman–Crippen MR) is 116 cm³/mol. The molecule has 3 aromatic rings. The van der Waals surface area contributed by atoms with Crippen molar-refractivity contribution in [2.24, 2.45) is 5.92 Å². The number of aliphatic carboxylic acids is 1. The Kier molecular flexibility index (Phi) is 5.25. The molecule has 30 heavy (non-hydrogen) atoms. The maximum atomic E-state index is 11.3. The van der Waals surface area contributed by atoms with Crippen LogP contribution in [0.1, 0.15) is 44.0 Å². The number of ether oxygens (including phenoxy) is 1. The van der Waals surface area contributed by atoms with Crippen molar-refractivity contribution in [1.29, 1.82) is 0 Å². The van der Waals surface area contributed by atoms with Crippen LogP contribution in [0.4, 0.5) is 0 Å². The summed E-state index contributed by atoms with van der Waals surface area (Å²) in [6.07, 6.45) is 8.91. The van der Waals surface area contributed by atoms with Crippen molar-refractivity contribution in [3.63, 3.8) is 0 Å². The summed E-state index contributed by atoms with van der Waals surface area (Å²) in [5, 5.41) is 15.9. The number of rotatable bonds is 4. The molecule has 8 heteroatoms. The lowest BCUT2D eigenvalue weighted by Crippen LogP contribution is -2.22. The Morgan fingerprint density at radius 2 is 2.13 bits per heavy atom. The van der Waals surface area contributed by atoms with E-state index in [1.54, 1.807) is 0 Å². The van der Waals surface area contributed by atoms with Crippen LogP contribution in [0.2, 0.25) is 10.0 Å². The van der Waals surface area contributed by atoms with Gasteiger partial charge in [0.1, 0.15) is 6.23 Å². The molecule has 5 rings (SSSR count). The number of nitrogens with zero attached hydrogens (tertiary/aromatic N) is 3. The number of carboxylic acid groups (broad SMARTS) is 1. The molecule has 2 atom stereocenters. The lowest BCUT2D eigenvalue weighted by atomic mass is 9.92. The molecule has 0 spiro atoms. The first kappa shape index (κ1) is 19.9. The van der Waals surface area contributed by atoms with Gasteiger partial charge in [0.2, 0.25) is 0 Å². The van der Waals surface area contributed by atoms with E-state index in [-0.39, 0.29) is 18.6 Å². The van der Waals surface area contributed by atoms with Crippen molar-refractivity contribution in [3.05, 3.63) is 40.3 Å². The van der Waals surface area contributed by atoms with Crippen LogP contribution >= 0.6 is 23.2 Å². The third kappa shape index (κ3) is 3.41. The largest absolute Gasteiger partial charge is 0.481 e. The molecule has 6 nitrogen and oxygen atoms in total. The van der Waals surface area contributed by atoms with Crippen LogP contribution in [0.15, 0.2) is 24.5 Å². The molecule has 1 saturated heterocycles. The average molecular weight is 448 g/mol. The number of benzene rings is 1. The van der Waals surface area contributed by atoms with Gasteiger partial charge in [0, 0.05) is 48.0 Å². The zero-order valence-electron chi connectivity index (χ0n) is 16.5. The van der Waals surface area contributed by atoms with Crippen molar-refractivity contribution in [2.45, 2.75) is 51.3 Å². The summed E-state index contributed by atoms with van der Waals surface area (Å²) in [4.78, 5) is 11.3. The molecular formula is C22H23Cl2N3O3. The number of fused-ring (bicyclic) bond motifs is 3. The Bertz CT molecular complexity index is 1110. The van der Waals surface area contributed by atoms with E-state index in [9.17, 15) is 9.90 Å². The Hall–Kier alpha value is -2.02.